The van der Waals surface area contributed by atoms with Crippen LogP contribution in [0.25, 0.3) is 0 Å². The van der Waals surface area contributed by atoms with Gasteiger partial charge in [0.25, 0.3) is 0 Å². The standard InChI is InChI=1S/C26H62O9Si4/c1-11-19-29-23-36(15-5,27-9)33-38(17-7,25-31-21-13-3)35-39(18-8,26-32-22-14-4)34-37(16-6,28-10)24-30-20-12-2/h11-26H2,1-10H3. The first-order valence-electron chi connectivity index (χ1n) is 15.2. The van der Waals surface area contributed by atoms with Crippen LogP contribution in [0.5, 0.6) is 0 Å². The summed E-state index contributed by atoms with van der Waals surface area (Å²) >= 11 is 0. The van der Waals surface area contributed by atoms with Crippen LogP contribution >= 0.6 is 0 Å². The Morgan fingerprint density at radius 3 is 0.795 bits per heavy atom. The van der Waals surface area contributed by atoms with Crippen LogP contribution in [0.15, 0.2) is 0 Å². The fourth-order valence-corrected chi connectivity index (χ4v) is 22.3. The first-order chi connectivity index (χ1) is 18.7. The molecule has 0 heterocycles. The fraction of sp³-hybridized carbons (Fsp3) is 1.00. The molecule has 236 valence electrons. The molecule has 39 heavy (non-hydrogen) atoms. The van der Waals surface area contributed by atoms with Crippen LogP contribution in [0.3, 0.4) is 0 Å². The molecule has 0 spiro atoms. The normalized spacial score (nSPS) is 18.3. The smallest absolute Gasteiger partial charge is 0.355 e. The number of rotatable bonds is 28. The topological polar surface area (TPSA) is 83.1 Å². The zero-order valence-corrected chi connectivity index (χ0v) is 31.0. The largest absolute Gasteiger partial charge is 0.413 e. The van der Waals surface area contributed by atoms with Crippen molar-refractivity contribution in [3.8, 4) is 0 Å². The van der Waals surface area contributed by atoms with Gasteiger partial charge in [-0.05, 0) is 49.9 Å². The van der Waals surface area contributed by atoms with E-state index in [9.17, 15) is 0 Å². The Morgan fingerprint density at radius 1 is 0.359 bits per heavy atom. The molecular formula is C26H62O9Si4. The summed E-state index contributed by atoms with van der Waals surface area (Å²) in [7, 11) is -8.00. The van der Waals surface area contributed by atoms with Crippen molar-refractivity contribution >= 4 is 34.2 Å². The van der Waals surface area contributed by atoms with Crippen molar-refractivity contribution < 1.29 is 40.1 Å². The quantitative estimate of drug-likeness (QED) is 0.0759. The Labute approximate surface area is 244 Å². The summed E-state index contributed by atoms with van der Waals surface area (Å²) < 4.78 is 58.3. The van der Waals surface area contributed by atoms with Crippen LogP contribution in [0, 0.1) is 0 Å². The predicted molar refractivity (Wildman–Crippen MR) is 167 cm³/mol. The van der Waals surface area contributed by atoms with Crippen molar-refractivity contribution in [1.82, 2.24) is 0 Å². The molecule has 13 heteroatoms. The minimum absolute atomic E-state index is 0.412. The van der Waals surface area contributed by atoms with Gasteiger partial charge in [0, 0.05) is 40.6 Å². The van der Waals surface area contributed by atoms with E-state index in [1.807, 2.05) is 0 Å². The summed E-state index contributed by atoms with van der Waals surface area (Å²) in [6.07, 6.45) is 5.48. The van der Waals surface area contributed by atoms with Gasteiger partial charge >= 0.3 is 34.2 Å². The molecule has 0 aromatic heterocycles. The highest BCUT2D eigenvalue weighted by Crippen LogP contribution is 2.32. The maximum absolute atomic E-state index is 7.33. The molecule has 0 aromatic rings. The van der Waals surface area contributed by atoms with E-state index in [-0.39, 0.29) is 0 Å². The SMILES string of the molecule is CCCOC[Si](CC)(OC)O[Si](CC)(COCCC)O[Si](CC)(COCCC)O[Si](CC)(COCCC)OC. The average Bonchev–Trinajstić information content (AvgIpc) is 2.96. The molecule has 0 aliphatic carbocycles. The zero-order valence-electron chi connectivity index (χ0n) is 27.0. The molecule has 0 amide bonds. The van der Waals surface area contributed by atoms with Crippen LogP contribution < -0.4 is 0 Å². The summed E-state index contributed by atoms with van der Waals surface area (Å²) in [5.74, 6) is 0. The highest BCUT2D eigenvalue weighted by atomic mass is 28.5. The summed E-state index contributed by atoms with van der Waals surface area (Å²) in [4.78, 5) is 0. The maximum atomic E-state index is 7.33. The van der Waals surface area contributed by atoms with E-state index in [1.165, 1.54) is 0 Å². The van der Waals surface area contributed by atoms with Crippen LogP contribution in [0.2, 0.25) is 24.2 Å². The first kappa shape index (κ1) is 39.5. The second-order valence-electron chi connectivity index (χ2n) is 9.98. The van der Waals surface area contributed by atoms with Gasteiger partial charge < -0.3 is 40.1 Å². The molecule has 9 nitrogen and oxygen atoms in total. The van der Waals surface area contributed by atoms with Gasteiger partial charge in [0.15, 0.2) is 0 Å². The monoisotopic (exact) mass is 630 g/mol. The van der Waals surface area contributed by atoms with Crippen LogP contribution in [-0.2, 0) is 40.1 Å². The summed E-state index contributed by atoms with van der Waals surface area (Å²) in [6, 6.07) is 2.91. The summed E-state index contributed by atoms with van der Waals surface area (Å²) in [5, 5.41) is 0. The van der Waals surface area contributed by atoms with Crippen molar-refractivity contribution in [2.24, 2.45) is 0 Å². The summed E-state index contributed by atoms with van der Waals surface area (Å²) in [5.41, 5.74) is 0. The lowest BCUT2D eigenvalue weighted by molar-refractivity contribution is 0.0970. The van der Waals surface area contributed by atoms with Crippen molar-refractivity contribution in [3.05, 3.63) is 0 Å². The molecule has 4 unspecified atom stereocenters. The van der Waals surface area contributed by atoms with E-state index < -0.39 is 34.2 Å². The van der Waals surface area contributed by atoms with Gasteiger partial charge in [-0.1, -0.05) is 55.4 Å². The van der Waals surface area contributed by atoms with Crippen molar-refractivity contribution in [2.75, 3.05) is 65.6 Å². The number of hydrogen-bond donors (Lipinski definition) is 0. The predicted octanol–water partition coefficient (Wildman–Crippen LogP) is 6.04. The van der Waals surface area contributed by atoms with Gasteiger partial charge in [-0.25, -0.2) is 0 Å². The Hall–Kier alpha value is 0.508. The molecule has 0 bridgehead atoms. The minimum atomic E-state index is -3.01. The molecule has 0 fully saturated rings. The third kappa shape index (κ3) is 14.0. The van der Waals surface area contributed by atoms with Crippen LogP contribution in [-0.4, -0.2) is 99.8 Å². The minimum Gasteiger partial charge on any atom is -0.413 e. The Balaban J connectivity index is 6.57. The molecule has 0 radical (unpaired) electrons. The van der Waals surface area contributed by atoms with E-state index in [0.29, 0.717) is 63.4 Å². The number of ether oxygens (including phenoxy) is 4. The zero-order chi connectivity index (χ0) is 29.7. The van der Waals surface area contributed by atoms with Crippen molar-refractivity contribution in [1.29, 1.82) is 0 Å². The third-order valence-electron chi connectivity index (χ3n) is 6.70. The molecule has 0 saturated carbocycles. The molecule has 4 atom stereocenters. The Bertz CT molecular complexity index is 538. The highest BCUT2D eigenvalue weighted by Gasteiger charge is 2.56. The van der Waals surface area contributed by atoms with E-state index >= 15 is 0 Å². The third-order valence-corrected chi connectivity index (χ3v) is 24.0. The van der Waals surface area contributed by atoms with Gasteiger partial charge in [-0.2, -0.15) is 0 Å². The number of hydrogen-bond acceptors (Lipinski definition) is 9. The van der Waals surface area contributed by atoms with E-state index in [2.05, 4.69) is 55.4 Å². The van der Waals surface area contributed by atoms with E-state index in [0.717, 1.165) is 37.8 Å². The lowest BCUT2D eigenvalue weighted by atomic mass is 10.5. The van der Waals surface area contributed by atoms with Crippen molar-refractivity contribution in [3.63, 3.8) is 0 Å². The van der Waals surface area contributed by atoms with Gasteiger partial charge in [0.1, 0.15) is 0 Å². The molecule has 0 rings (SSSR count). The summed E-state index contributed by atoms with van der Waals surface area (Å²) in [6.45, 7) is 19.6. The van der Waals surface area contributed by atoms with Crippen LogP contribution in [0.1, 0.15) is 81.1 Å². The second kappa shape index (κ2) is 22.1. The lowest BCUT2D eigenvalue weighted by Crippen LogP contribution is -2.68. The van der Waals surface area contributed by atoms with E-state index in [4.69, 9.17) is 40.1 Å². The lowest BCUT2D eigenvalue weighted by Gasteiger charge is -2.46. The first-order valence-corrected chi connectivity index (χ1v) is 24.2. The van der Waals surface area contributed by atoms with Crippen LogP contribution in [0.4, 0.5) is 0 Å². The van der Waals surface area contributed by atoms with E-state index in [1.54, 1.807) is 14.2 Å². The van der Waals surface area contributed by atoms with Gasteiger partial charge in [0.05, 0.1) is 24.9 Å². The molecule has 0 aliphatic rings. The Kier molecular flexibility index (Phi) is 22.4. The molecular weight excluding hydrogens is 569 g/mol. The Morgan fingerprint density at radius 2 is 0.590 bits per heavy atom. The molecule has 0 saturated heterocycles. The second-order valence-corrected chi connectivity index (χ2v) is 24.5. The van der Waals surface area contributed by atoms with Gasteiger partial charge in [-0.15, -0.1) is 0 Å². The molecule has 0 aliphatic heterocycles. The molecule has 0 aromatic carbocycles. The molecule has 0 N–H and O–H groups in total. The maximum Gasteiger partial charge on any atom is 0.355 e. The van der Waals surface area contributed by atoms with Crippen molar-refractivity contribution in [2.45, 2.75) is 105 Å². The van der Waals surface area contributed by atoms with Gasteiger partial charge in [-0.3, -0.25) is 0 Å². The fourth-order valence-electron chi connectivity index (χ4n) is 4.05. The van der Waals surface area contributed by atoms with Gasteiger partial charge in [0.2, 0.25) is 0 Å². The highest BCUT2D eigenvalue weighted by molar-refractivity contribution is 6.89. The average molecular weight is 631 g/mol.